The molecule has 0 unspecified atom stereocenters. The number of anilines is 1. The van der Waals surface area contributed by atoms with Crippen LogP contribution in [0.15, 0.2) is 17.0 Å². The van der Waals surface area contributed by atoms with E-state index in [0.717, 1.165) is 11.1 Å². The van der Waals surface area contributed by atoms with Gasteiger partial charge in [-0.3, -0.25) is 4.90 Å². The molecule has 1 heterocycles. The molecule has 6 heteroatoms. The highest BCUT2D eigenvalue weighted by molar-refractivity contribution is 7.89. The third-order valence-electron chi connectivity index (χ3n) is 3.89. The van der Waals surface area contributed by atoms with Gasteiger partial charge in [-0.1, -0.05) is 5.92 Å². The van der Waals surface area contributed by atoms with Crippen molar-refractivity contribution in [2.75, 3.05) is 38.5 Å². The summed E-state index contributed by atoms with van der Waals surface area (Å²) in [5, 5.41) is 0. The third kappa shape index (κ3) is 3.21. The first-order chi connectivity index (χ1) is 9.86. The van der Waals surface area contributed by atoms with Gasteiger partial charge in [-0.25, -0.2) is 8.42 Å². The highest BCUT2D eigenvalue weighted by atomic mass is 32.2. The summed E-state index contributed by atoms with van der Waals surface area (Å²) in [5.41, 5.74) is 8.14. The van der Waals surface area contributed by atoms with E-state index in [0.29, 0.717) is 38.4 Å². The van der Waals surface area contributed by atoms with Crippen molar-refractivity contribution < 1.29 is 8.42 Å². The van der Waals surface area contributed by atoms with Crippen LogP contribution in [0.1, 0.15) is 11.1 Å². The highest BCUT2D eigenvalue weighted by Crippen LogP contribution is 2.26. The summed E-state index contributed by atoms with van der Waals surface area (Å²) in [7, 11) is -3.54. The summed E-state index contributed by atoms with van der Waals surface area (Å²) in [6, 6.07) is 3.38. The lowest BCUT2D eigenvalue weighted by Crippen LogP contribution is -2.48. The number of terminal acetylenes is 1. The molecule has 0 aromatic heterocycles. The standard InChI is InChI=1S/C15H21N3O2S/c1-4-5-17-6-8-18(9-7-17)21(19,20)15-11-13(3)12(2)10-14(15)16/h1,10-11H,5-9,16H2,2-3H3. The summed E-state index contributed by atoms with van der Waals surface area (Å²) >= 11 is 0. The fourth-order valence-corrected chi connectivity index (χ4v) is 4.04. The van der Waals surface area contributed by atoms with Gasteiger partial charge in [-0.05, 0) is 37.1 Å². The molecule has 1 saturated heterocycles. The largest absolute Gasteiger partial charge is 0.398 e. The molecular formula is C15H21N3O2S. The lowest BCUT2D eigenvalue weighted by Gasteiger charge is -2.33. The number of nitrogens with zero attached hydrogens (tertiary/aromatic N) is 2. The van der Waals surface area contributed by atoms with E-state index in [-0.39, 0.29) is 4.90 Å². The van der Waals surface area contributed by atoms with Crippen LogP contribution >= 0.6 is 0 Å². The van der Waals surface area contributed by atoms with Crippen LogP contribution in [0, 0.1) is 26.2 Å². The Morgan fingerprint density at radius 3 is 2.33 bits per heavy atom. The molecule has 1 aliphatic rings. The number of aryl methyl sites for hydroxylation is 2. The molecule has 1 aromatic carbocycles. The summed E-state index contributed by atoms with van der Waals surface area (Å²) in [5.74, 6) is 2.58. The average molecular weight is 307 g/mol. The average Bonchev–Trinajstić information content (AvgIpc) is 2.43. The molecule has 0 amide bonds. The summed E-state index contributed by atoms with van der Waals surface area (Å²) in [4.78, 5) is 2.27. The molecule has 0 bridgehead atoms. The van der Waals surface area contributed by atoms with Crippen LogP contribution in [-0.4, -0.2) is 50.3 Å². The second-order valence-electron chi connectivity index (χ2n) is 5.36. The second-order valence-corrected chi connectivity index (χ2v) is 7.27. The Hall–Kier alpha value is -1.55. The van der Waals surface area contributed by atoms with E-state index in [4.69, 9.17) is 12.2 Å². The normalized spacial score (nSPS) is 17.6. The monoisotopic (exact) mass is 307 g/mol. The molecule has 114 valence electrons. The van der Waals surface area contributed by atoms with Gasteiger partial charge in [-0.15, -0.1) is 6.42 Å². The van der Waals surface area contributed by atoms with Crippen molar-refractivity contribution in [2.45, 2.75) is 18.7 Å². The van der Waals surface area contributed by atoms with Crippen LogP contribution < -0.4 is 5.73 Å². The summed E-state index contributed by atoms with van der Waals surface area (Å²) in [6.45, 7) is 6.54. The lowest BCUT2D eigenvalue weighted by molar-refractivity contribution is 0.207. The minimum atomic E-state index is -3.54. The number of benzene rings is 1. The molecular weight excluding hydrogens is 286 g/mol. The summed E-state index contributed by atoms with van der Waals surface area (Å²) < 4.78 is 26.9. The zero-order chi connectivity index (χ0) is 15.6. The first-order valence-electron chi connectivity index (χ1n) is 6.89. The Labute approximate surface area is 126 Å². The molecule has 21 heavy (non-hydrogen) atoms. The van der Waals surface area contributed by atoms with Crippen LogP contribution in [0.25, 0.3) is 0 Å². The number of nitrogens with two attached hydrogens (primary N) is 1. The first kappa shape index (κ1) is 15.8. The van der Waals surface area contributed by atoms with E-state index >= 15 is 0 Å². The molecule has 0 spiro atoms. The molecule has 1 aromatic rings. The Morgan fingerprint density at radius 1 is 1.19 bits per heavy atom. The van der Waals surface area contributed by atoms with Gasteiger partial charge in [0.2, 0.25) is 10.0 Å². The lowest BCUT2D eigenvalue weighted by atomic mass is 10.1. The molecule has 1 aliphatic heterocycles. The number of nitrogen functional groups attached to an aromatic ring is 1. The van der Waals surface area contributed by atoms with Gasteiger partial charge in [-0.2, -0.15) is 4.31 Å². The van der Waals surface area contributed by atoms with E-state index < -0.39 is 10.0 Å². The molecule has 0 aliphatic carbocycles. The van der Waals surface area contributed by atoms with Crippen molar-refractivity contribution in [1.82, 2.24) is 9.21 Å². The van der Waals surface area contributed by atoms with E-state index in [2.05, 4.69) is 10.8 Å². The van der Waals surface area contributed by atoms with Crippen molar-refractivity contribution >= 4 is 15.7 Å². The van der Waals surface area contributed by atoms with E-state index in [1.54, 1.807) is 12.1 Å². The third-order valence-corrected chi connectivity index (χ3v) is 5.84. The van der Waals surface area contributed by atoms with Gasteiger partial charge >= 0.3 is 0 Å². The van der Waals surface area contributed by atoms with Crippen molar-refractivity contribution in [3.05, 3.63) is 23.3 Å². The van der Waals surface area contributed by atoms with E-state index in [1.165, 1.54) is 4.31 Å². The van der Waals surface area contributed by atoms with Gasteiger partial charge in [0, 0.05) is 26.2 Å². The maximum absolute atomic E-state index is 12.7. The Balaban J connectivity index is 2.24. The minimum absolute atomic E-state index is 0.205. The fraction of sp³-hybridized carbons (Fsp3) is 0.467. The van der Waals surface area contributed by atoms with Gasteiger partial charge < -0.3 is 5.73 Å². The predicted molar refractivity (Wildman–Crippen MR) is 84.4 cm³/mol. The van der Waals surface area contributed by atoms with Crippen LogP contribution in [0.2, 0.25) is 0 Å². The zero-order valence-corrected chi connectivity index (χ0v) is 13.3. The minimum Gasteiger partial charge on any atom is -0.398 e. The molecule has 5 nitrogen and oxygen atoms in total. The fourth-order valence-electron chi connectivity index (χ4n) is 2.43. The van der Waals surface area contributed by atoms with E-state index in [1.807, 2.05) is 13.8 Å². The van der Waals surface area contributed by atoms with Crippen molar-refractivity contribution in [1.29, 1.82) is 0 Å². The number of hydrogen-bond donors (Lipinski definition) is 1. The van der Waals surface area contributed by atoms with Crippen LogP contribution in [0.4, 0.5) is 5.69 Å². The van der Waals surface area contributed by atoms with Crippen LogP contribution in [-0.2, 0) is 10.0 Å². The molecule has 1 fully saturated rings. The number of rotatable bonds is 3. The molecule has 0 radical (unpaired) electrons. The SMILES string of the molecule is C#CCN1CCN(S(=O)(=O)c2cc(C)c(C)cc2N)CC1. The molecule has 0 atom stereocenters. The van der Waals surface area contributed by atoms with Gasteiger partial charge in [0.05, 0.1) is 12.2 Å². The highest BCUT2D eigenvalue weighted by Gasteiger charge is 2.29. The maximum atomic E-state index is 12.7. The topological polar surface area (TPSA) is 66.6 Å². The first-order valence-corrected chi connectivity index (χ1v) is 8.33. The zero-order valence-electron chi connectivity index (χ0n) is 12.5. The molecule has 2 N–H and O–H groups in total. The summed E-state index contributed by atoms with van der Waals surface area (Å²) in [6.07, 6.45) is 5.28. The quantitative estimate of drug-likeness (QED) is 0.663. The van der Waals surface area contributed by atoms with Gasteiger partial charge in [0.25, 0.3) is 0 Å². The Morgan fingerprint density at radius 2 is 1.76 bits per heavy atom. The number of hydrogen-bond acceptors (Lipinski definition) is 4. The smallest absolute Gasteiger partial charge is 0.245 e. The van der Waals surface area contributed by atoms with Gasteiger partial charge in [0.1, 0.15) is 4.90 Å². The molecule has 2 rings (SSSR count). The molecule has 0 saturated carbocycles. The van der Waals surface area contributed by atoms with Crippen molar-refractivity contribution in [3.63, 3.8) is 0 Å². The van der Waals surface area contributed by atoms with Gasteiger partial charge in [0.15, 0.2) is 0 Å². The Kier molecular flexibility index (Phi) is 4.57. The second kappa shape index (κ2) is 6.06. The number of piperazine rings is 1. The van der Waals surface area contributed by atoms with E-state index in [9.17, 15) is 8.42 Å². The number of sulfonamides is 1. The Bertz CT molecular complexity index is 669. The maximum Gasteiger partial charge on any atom is 0.245 e. The van der Waals surface area contributed by atoms with Crippen LogP contribution in [0.5, 0.6) is 0 Å². The van der Waals surface area contributed by atoms with Crippen molar-refractivity contribution in [3.8, 4) is 12.3 Å². The predicted octanol–water partition coefficient (Wildman–Crippen LogP) is 0.825. The van der Waals surface area contributed by atoms with Crippen LogP contribution in [0.3, 0.4) is 0 Å². The van der Waals surface area contributed by atoms with Crippen molar-refractivity contribution in [2.24, 2.45) is 0 Å².